The average Bonchev–Trinajstić information content (AvgIpc) is 2.55. The molecule has 0 fully saturated rings. The summed E-state index contributed by atoms with van der Waals surface area (Å²) in [5.41, 5.74) is 6.91. The van der Waals surface area contributed by atoms with Crippen LogP contribution in [-0.2, 0) is 4.79 Å². The van der Waals surface area contributed by atoms with Crippen LogP contribution in [0.2, 0.25) is 5.02 Å². The number of carbonyl (C=O) groups excluding carboxylic acids is 2. The highest BCUT2D eigenvalue weighted by molar-refractivity contribution is 6.34. The topological polar surface area (TPSA) is 90.7 Å². The van der Waals surface area contributed by atoms with Gasteiger partial charge in [-0.15, -0.1) is 0 Å². The van der Waals surface area contributed by atoms with Crippen LogP contribution in [0, 0.1) is 6.92 Å². The number of amides is 2. The third-order valence-corrected chi connectivity index (χ3v) is 3.48. The predicted molar refractivity (Wildman–Crippen MR) is 91.8 cm³/mol. The smallest absolute Gasteiger partial charge is 0.255 e. The zero-order chi connectivity index (χ0) is 17.7. The van der Waals surface area contributed by atoms with Crippen LogP contribution in [0.15, 0.2) is 36.4 Å². The first kappa shape index (κ1) is 17.6. The van der Waals surface area contributed by atoms with Crippen molar-refractivity contribution < 1.29 is 19.1 Å². The van der Waals surface area contributed by atoms with Gasteiger partial charge >= 0.3 is 0 Å². The van der Waals surface area contributed by atoms with Gasteiger partial charge in [0.15, 0.2) is 18.1 Å². The van der Waals surface area contributed by atoms with Crippen LogP contribution < -0.4 is 20.5 Å². The van der Waals surface area contributed by atoms with Crippen molar-refractivity contribution in [1.82, 2.24) is 0 Å². The predicted octanol–water partition coefficient (Wildman–Crippen LogP) is 2.77. The number of benzene rings is 2. The zero-order valence-corrected chi connectivity index (χ0v) is 14.0. The number of nitrogens with one attached hydrogen (secondary N) is 1. The van der Waals surface area contributed by atoms with Gasteiger partial charge in [-0.25, -0.2) is 0 Å². The monoisotopic (exact) mass is 348 g/mol. The number of anilines is 1. The summed E-state index contributed by atoms with van der Waals surface area (Å²) in [5.74, 6) is -0.312. The molecular weight excluding hydrogens is 332 g/mol. The van der Waals surface area contributed by atoms with Crippen molar-refractivity contribution in [2.45, 2.75) is 6.92 Å². The molecule has 24 heavy (non-hydrogen) atoms. The van der Waals surface area contributed by atoms with Crippen LogP contribution in [0.1, 0.15) is 15.9 Å². The Balaban J connectivity index is 2.18. The maximum absolute atomic E-state index is 12.4. The Kier molecular flexibility index (Phi) is 5.65. The molecule has 0 aliphatic rings. The van der Waals surface area contributed by atoms with Crippen molar-refractivity contribution in [2.24, 2.45) is 5.73 Å². The van der Waals surface area contributed by atoms with Gasteiger partial charge in [0.05, 0.1) is 17.8 Å². The van der Waals surface area contributed by atoms with Crippen molar-refractivity contribution in [2.75, 3.05) is 19.0 Å². The van der Waals surface area contributed by atoms with Gasteiger partial charge in [0, 0.05) is 5.56 Å². The molecule has 0 saturated carbocycles. The molecule has 0 saturated heterocycles. The number of primary amides is 1. The second kappa shape index (κ2) is 7.70. The molecule has 0 heterocycles. The first-order chi connectivity index (χ1) is 11.4. The van der Waals surface area contributed by atoms with E-state index in [-0.39, 0.29) is 12.5 Å². The maximum Gasteiger partial charge on any atom is 0.255 e. The van der Waals surface area contributed by atoms with Crippen LogP contribution in [0.5, 0.6) is 11.5 Å². The molecule has 0 bridgehead atoms. The first-order valence-corrected chi connectivity index (χ1v) is 7.45. The molecule has 0 radical (unpaired) electrons. The van der Waals surface area contributed by atoms with Crippen molar-refractivity contribution in [3.05, 3.63) is 52.5 Å². The van der Waals surface area contributed by atoms with E-state index in [1.807, 2.05) is 13.0 Å². The molecule has 126 valence electrons. The average molecular weight is 349 g/mol. The van der Waals surface area contributed by atoms with Crippen LogP contribution in [0.3, 0.4) is 0 Å². The van der Waals surface area contributed by atoms with Gasteiger partial charge < -0.3 is 20.5 Å². The van der Waals surface area contributed by atoms with Gasteiger partial charge in [0.2, 0.25) is 0 Å². The van der Waals surface area contributed by atoms with Gasteiger partial charge in [0.1, 0.15) is 0 Å². The lowest BCUT2D eigenvalue weighted by atomic mass is 10.1. The standard InChI is InChI=1S/C17H17ClN2O4/c1-10-3-5-13(12(18)7-10)20-17(22)11-4-6-14(15(8-11)23-2)24-9-16(19)21/h3-8H,9H2,1-2H3,(H2,19,21)(H,20,22). The number of hydrogen-bond acceptors (Lipinski definition) is 4. The minimum Gasteiger partial charge on any atom is -0.493 e. The van der Waals surface area contributed by atoms with Gasteiger partial charge in [-0.1, -0.05) is 17.7 Å². The summed E-state index contributed by atoms with van der Waals surface area (Å²) in [7, 11) is 1.44. The number of methoxy groups -OCH3 is 1. The molecule has 0 atom stereocenters. The SMILES string of the molecule is COc1cc(C(=O)Nc2ccc(C)cc2Cl)ccc1OCC(N)=O. The van der Waals surface area contributed by atoms with E-state index in [4.69, 9.17) is 26.8 Å². The van der Waals surface area contributed by atoms with E-state index in [2.05, 4.69) is 5.32 Å². The lowest BCUT2D eigenvalue weighted by Gasteiger charge is -2.12. The van der Waals surface area contributed by atoms with Crippen LogP contribution >= 0.6 is 11.6 Å². The molecule has 7 heteroatoms. The number of rotatable bonds is 6. The second-order valence-corrected chi connectivity index (χ2v) is 5.47. The van der Waals surface area contributed by atoms with Crippen molar-refractivity contribution in [3.63, 3.8) is 0 Å². The number of nitrogens with two attached hydrogens (primary N) is 1. The fraction of sp³-hybridized carbons (Fsp3) is 0.176. The highest BCUT2D eigenvalue weighted by atomic mass is 35.5. The summed E-state index contributed by atoms with van der Waals surface area (Å²) in [6.45, 7) is 1.63. The van der Waals surface area contributed by atoms with Crippen molar-refractivity contribution >= 4 is 29.1 Å². The fourth-order valence-electron chi connectivity index (χ4n) is 1.99. The third kappa shape index (κ3) is 4.39. The quantitative estimate of drug-likeness (QED) is 0.839. The van der Waals surface area contributed by atoms with Crippen LogP contribution in [0.25, 0.3) is 0 Å². The molecule has 0 aliphatic heterocycles. The van der Waals surface area contributed by atoms with E-state index in [1.54, 1.807) is 18.2 Å². The van der Waals surface area contributed by atoms with Crippen molar-refractivity contribution in [3.8, 4) is 11.5 Å². The Morgan fingerprint density at radius 2 is 1.92 bits per heavy atom. The van der Waals surface area contributed by atoms with E-state index in [9.17, 15) is 9.59 Å². The zero-order valence-electron chi connectivity index (χ0n) is 13.3. The van der Waals surface area contributed by atoms with E-state index in [1.165, 1.54) is 19.2 Å². The summed E-state index contributed by atoms with van der Waals surface area (Å²) in [4.78, 5) is 23.1. The highest BCUT2D eigenvalue weighted by Gasteiger charge is 2.13. The summed E-state index contributed by atoms with van der Waals surface area (Å²) < 4.78 is 10.4. The molecule has 2 rings (SSSR count). The molecule has 6 nitrogen and oxygen atoms in total. The Bertz CT molecular complexity index is 777. The van der Waals surface area contributed by atoms with Gasteiger partial charge in [-0.05, 0) is 42.8 Å². The summed E-state index contributed by atoms with van der Waals surface area (Å²) in [6.07, 6.45) is 0. The van der Waals surface area contributed by atoms with Gasteiger partial charge in [-0.2, -0.15) is 0 Å². The number of ether oxygens (including phenoxy) is 2. The Morgan fingerprint density at radius 3 is 2.54 bits per heavy atom. The van der Waals surface area contributed by atoms with E-state index >= 15 is 0 Å². The number of hydrogen-bond donors (Lipinski definition) is 2. The highest BCUT2D eigenvalue weighted by Crippen LogP contribution is 2.29. The van der Waals surface area contributed by atoms with Gasteiger partial charge in [-0.3, -0.25) is 9.59 Å². The summed E-state index contributed by atoms with van der Waals surface area (Å²) >= 11 is 6.11. The second-order valence-electron chi connectivity index (χ2n) is 5.06. The maximum atomic E-state index is 12.4. The molecule has 0 unspecified atom stereocenters. The van der Waals surface area contributed by atoms with Gasteiger partial charge in [0.25, 0.3) is 11.8 Å². The third-order valence-electron chi connectivity index (χ3n) is 3.17. The van der Waals surface area contributed by atoms with Crippen LogP contribution in [-0.4, -0.2) is 25.5 Å². The fourth-order valence-corrected chi connectivity index (χ4v) is 2.28. The van der Waals surface area contributed by atoms with E-state index in [0.717, 1.165) is 5.56 Å². The molecule has 0 aliphatic carbocycles. The molecule has 0 spiro atoms. The molecule has 2 aromatic carbocycles. The number of halogens is 1. The molecule has 2 amide bonds. The lowest BCUT2D eigenvalue weighted by molar-refractivity contribution is -0.119. The minimum atomic E-state index is -0.604. The van der Waals surface area contributed by atoms with E-state index < -0.39 is 5.91 Å². The molecular formula is C17H17ClN2O4. The Hall–Kier alpha value is -2.73. The minimum absolute atomic E-state index is 0.277. The van der Waals surface area contributed by atoms with Crippen molar-refractivity contribution in [1.29, 1.82) is 0 Å². The molecule has 0 aromatic heterocycles. The number of aryl methyl sites for hydroxylation is 1. The Morgan fingerprint density at radius 1 is 1.17 bits per heavy atom. The lowest BCUT2D eigenvalue weighted by Crippen LogP contribution is -2.20. The van der Waals surface area contributed by atoms with Crippen LogP contribution in [0.4, 0.5) is 5.69 Å². The largest absolute Gasteiger partial charge is 0.493 e. The van der Waals surface area contributed by atoms with E-state index in [0.29, 0.717) is 27.8 Å². The number of carbonyl (C=O) groups is 2. The first-order valence-electron chi connectivity index (χ1n) is 7.07. The normalized spacial score (nSPS) is 10.1. The summed E-state index contributed by atoms with van der Waals surface area (Å²) in [6, 6.07) is 9.94. The summed E-state index contributed by atoms with van der Waals surface area (Å²) in [5, 5.41) is 3.19. The Labute approximate surface area is 144 Å². The molecule has 3 N–H and O–H groups in total. The molecule has 2 aromatic rings.